The summed E-state index contributed by atoms with van der Waals surface area (Å²) >= 11 is 1.58. The molecule has 0 spiro atoms. The van der Waals surface area contributed by atoms with Gasteiger partial charge < -0.3 is 5.32 Å². The van der Waals surface area contributed by atoms with Gasteiger partial charge in [0.1, 0.15) is 5.82 Å². The number of fused-ring (bicyclic) bond motifs is 1. The van der Waals surface area contributed by atoms with Gasteiger partial charge in [0.05, 0.1) is 4.70 Å². The van der Waals surface area contributed by atoms with Crippen LogP contribution in [0, 0.1) is 5.82 Å². The summed E-state index contributed by atoms with van der Waals surface area (Å²) in [5.41, 5.74) is 1.29. The van der Waals surface area contributed by atoms with Crippen molar-refractivity contribution in [3.05, 3.63) is 34.5 Å². The average molecular weight is 237 g/mol. The molecule has 1 nitrogen and oxygen atoms in total. The number of thiophene rings is 1. The van der Waals surface area contributed by atoms with Crippen molar-refractivity contribution in [3.63, 3.8) is 0 Å². The van der Waals surface area contributed by atoms with Crippen molar-refractivity contribution >= 4 is 21.4 Å². The van der Waals surface area contributed by atoms with Crippen molar-refractivity contribution in [2.75, 3.05) is 6.54 Å². The summed E-state index contributed by atoms with van der Waals surface area (Å²) in [4.78, 5) is 1.27. The molecule has 0 fully saturated rings. The molecule has 16 heavy (non-hydrogen) atoms. The first-order chi connectivity index (χ1) is 7.77. The molecule has 0 saturated heterocycles. The van der Waals surface area contributed by atoms with Crippen LogP contribution in [-0.2, 0) is 13.0 Å². The predicted molar refractivity (Wildman–Crippen MR) is 68.5 cm³/mol. The van der Waals surface area contributed by atoms with Gasteiger partial charge in [0, 0.05) is 11.4 Å². The normalized spacial score (nSPS) is 11.2. The van der Waals surface area contributed by atoms with Crippen LogP contribution in [0.25, 0.3) is 10.1 Å². The minimum absolute atomic E-state index is 0.0973. The van der Waals surface area contributed by atoms with Gasteiger partial charge in [0.15, 0.2) is 0 Å². The van der Waals surface area contributed by atoms with Gasteiger partial charge in [-0.25, -0.2) is 4.39 Å². The van der Waals surface area contributed by atoms with Crippen LogP contribution in [0.15, 0.2) is 18.2 Å². The Morgan fingerprint density at radius 1 is 1.31 bits per heavy atom. The van der Waals surface area contributed by atoms with Crippen LogP contribution in [0.5, 0.6) is 0 Å². The molecule has 0 unspecified atom stereocenters. The van der Waals surface area contributed by atoms with E-state index in [9.17, 15) is 4.39 Å². The second kappa shape index (κ2) is 4.93. The minimum Gasteiger partial charge on any atom is -0.312 e. The molecule has 2 rings (SSSR count). The topological polar surface area (TPSA) is 12.0 Å². The van der Waals surface area contributed by atoms with Crippen LogP contribution >= 0.6 is 11.3 Å². The maximum Gasteiger partial charge on any atom is 0.141 e. The van der Waals surface area contributed by atoms with Crippen LogP contribution in [0.4, 0.5) is 4.39 Å². The van der Waals surface area contributed by atoms with E-state index in [0.29, 0.717) is 0 Å². The fourth-order valence-corrected chi connectivity index (χ4v) is 3.22. The molecule has 1 aromatic carbocycles. The van der Waals surface area contributed by atoms with E-state index >= 15 is 0 Å². The number of rotatable bonds is 4. The van der Waals surface area contributed by atoms with Crippen molar-refractivity contribution in [2.24, 2.45) is 0 Å². The molecule has 0 bridgehead atoms. The molecule has 3 heteroatoms. The van der Waals surface area contributed by atoms with E-state index in [1.54, 1.807) is 17.4 Å². The lowest BCUT2D eigenvalue weighted by Gasteiger charge is -2.01. The summed E-state index contributed by atoms with van der Waals surface area (Å²) in [6, 6.07) is 5.35. The predicted octanol–water partition coefficient (Wildman–Crippen LogP) is 3.71. The van der Waals surface area contributed by atoms with E-state index in [1.165, 1.54) is 16.5 Å². The van der Waals surface area contributed by atoms with Gasteiger partial charge in [0.2, 0.25) is 0 Å². The molecule has 0 atom stereocenters. The number of hydrogen-bond acceptors (Lipinski definition) is 2. The fourth-order valence-electron chi connectivity index (χ4n) is 1.95. The molecule has 1 N–H and O–H groups in total. The molecule has 0 saturated carbocycles. The van der Waals surface area contributed by atoms with Crippen molar-refractivity contribution in [1.82, 2.24) is 5.32 Å². The summed E-state index contributed by atoms with van der Waals surface area (Å²) in [6.07, 6.45) is 0.962. The fraction of sp³-hybridized carbons (Fsp3) is 0.385. The summed E-state index contributed by atoms with van der Waals surface area (Å²) in [5, 5.41) is 4.39. The molecule has 0 aliphatic heterocycles. The largest absolute Gasteiger partial charge is 0.312 e. The molecule has 0 radical (unpaired) electrons. The summed E-state index contributed by atoms with van der Waals surface area (Å²) in [5.74, 6) is -0.0973. The SMILES string of the molecule is CCNCc1sc2c(F)cccc2c1CC. The Bertz CT molecular complexity index is 490. The molecular weight excluding hydrogens is 221 g/mol. The molecule has 0 aliphatic carbocycles. The molecular formula is C13H16FNS. The molecule has 2 aromatic rings. The third kappa shape index (κ3) is 1.97. The smallest absolute Gasteiger partial charge is 0.141 e. The quantitative estimate of drug-likeness (QED) is 0.854. The summed E-state index contributed by atoms with van der Waals surface area (Å²) in [7, 11) is 0. The highest BCUT2D eigenvalue weighted by Crippen LogP contribution is 2.33. The standard InChI is InChI=1S/C13H16FNS/c1-3-9-10-6-5-7-11(14)13(10)16-12(9)8-15-4-2/h5-7,15H,3-4,8H2,1-2H3. The summed E-state index contributed by atoms with van der Waals surface area (Å²) in [6.45, 7) is 6.00. The lowest BCUT2D eigenvalue weighted by Crippen LogP contribution is -2.11. The van der Waals surface area contributed by atoms with Gasteiger partial charge >= 0.3 is 0 Å². The van der Waals surface area contributed by atoms with E-state index in [-0.39, 0.29) is 5.82 Å². The van der Waals surface area contributed by atoms with E-state index < -0.39 is 0 Å². The Kier molecular flexibility index (Phi) is 3.56. The molecule has 0 amide bonds. The lowest BCUT2D eigenvalue weighted by molar-refractivity contribution is 0.641. The molecule has 1 heterocycles. The number of nitrogens with one attached hydrogen (secondary N) is 1. The van der Waals surface area contributed by atoms with Crippen LogP contribution in [0.1, 0.15) is 24.3 Å². The van der Waals surface area contributed by atoms with Gasteiger partial charge in [-0.2, -0.15) is 0 Å². The Morgan fingerprint density at radius 2 is 2.12 bits per heavy atom. The second-order valence-electron chi connectivity index (χ2n) is 3.75. The van der Waals surface area contributed by atoms with Crippen LogP contribution in [-0.4, -0.2) is 6.54 Å². The van der Waals surface area contributed by atoms with Crippen LogP contribution in [0.3, 0.4) is 0 Å². The first-order valence-electron chi connectivity index (χ1n) is 5.67. The molecule has 0 aliphatic rings. The average Bonchev–Trinajstić information content (AvgIpc) is 2.65. The second-order valence-corrected chi connectivity index (χ2v) is 4.86. The van der Waals surface area contributed by atoms with Gasteiger partial charge in [-0.3, -0.25) is 0 Å². The van der Waals surface area contributed by atoms with Crippen molar-refractivity contribution in [3.8, 4) is 0 Å². The van der Waals surface area contributed by atoms with Gasteiger partial charge in [-0.1, -0.05) is 26.0 Å². The highest BCUT2D eigenvalue weighted by atomic mass is 32.1. The van der Waals surface area contributed by atoms with Gasteiger partial charge in [0.25, 0.3) is 0 Å². The number of halogens is 1. The third-order valence-corrected chi connectivity index (χ3v) is 4.00. The lowest BCUT2D eigenvalue weighted by atomic mass is 10.1. The van der Waals surface area contributed by atoms with E-state index in [4.69, 9.17) is 0 Å². The maximum atomic E-state index is 13.6. The molecule has 1 aromatic heterocycles. The minimum atomic E-state index is -0.0973. The number of hydrogen-bond donors (Lipinski definition) is 1. The van der Waals surface area contributed by atoms with E-state index in [2.05, 4.69) is 19.2 Å². The zero-order chi connectivity index (χ0) is 11.5. The number of aryl methyl sites for hydroxylation is 1. The third-order valence-electron chi connectivity index (χ3n) is 2.74. The van der Waals surface area contributed by atoms with Crippen LogP contribution < -0.4 is 5.32 Å². The highest BCUT2D eigenvalue weighted by molar-refractivity contribution is 7.19. The number of benzene rings is 1. The van der Waals surface area contributed by atoms with E-state index in [1.807, 2.05) is 6.07 Å². The zero-order valence-corrected chi connectivity index (χ0v) is 10.5. The highest BCUT2D eigenvalue weighted by Gasteiger charge is 2.12. The molecule has 86 valence electrons. The van der Waals surface area contributed by atoms with Crippen LogP contribution in [0.2, 0.25) is 0 Å². The maximum absolute atomic E-state index is 13.6. The van der Waals surface area contributed by atoms with Crippen molar-refractivity contribution in [2.45, 2.75) is 26.8 Å². The van der Waals surface area contributed by atoms with E-state index in [0.717, 1.165) is 29.6 Å². The van der Waals surface area contributed by atoms with Crippen molar-refractivity contribution in [1.29, 1.82) is 0 Å². The summed E-state index contributed by atoms with van der Waals surface area (Å²) < 4.78 is 14.4. The zero-order valence-electron chi connectivity index (χ0n) is 9.64. The first-order valence-corrected chi connectivity index (χ1v) is 6.49. The van der Waals surface area contributed by atoms with Crippen molar-refractivity contribution < 1.29 is 4.39 Å². The Labute approximate surface area is 99.3 Å². The van der Waals surface area contributed by atoms with Gasteiger partial charge in [-0.05, 0) is 30.0 Å². The Hall–Kier alpha value is -0.930. The Balaban J connectivity index is 2.52. The monoisotopic (exact) mass is 237 g/mol. The van der Waals surface area contributed by atoms with Gasteiger partial charge in [-0.15, -0.1) is 11.3 Å². The first kappa shape index (κ1) is 11.6. The Morgan fingerprint density at radius 3 is 2.81 bits per heavy atom.